The average molecular weight is 470 g/mol. The summed E-state index contributed by atoms with van der Waals surface area (Å²) in [5.74, 6) is 0.799. The van der Waals surface area contributed by atoms with Gasteiger partial charge >= 0.3 is 0 Å². The van der Waals surface area contributed by atoms with Gasteiger partial charge in [-0.25, -0.2) is 4.39 Å². The first-order valence-electron chi connectivity index (χ1n) is 12.2. The zero-order valence-electron chi connectivity index (χ0n) is 19.3. The first-order chi connectivity index (χ1) is 16.6. The van der Waals surface area contributed by atoms with Gasteiger partial charge < -0.3 is 29.7 Å². The number of hydrogen-bond acceptors (Lipinski definition) is 6. The normalized spacial score (nSPS) is 21.9. The number of carbonyl (C=O) groups excluding carboxylic acids is 1. The van der Waals surface area contributed by atoms with Crippen molar-refractivity contribution in [1.29, 1.82) is 0 Å². The van der Waals surface area contributed by atoms with Crippen LogP contribution in [0.15, 0.2) is 42.5 Å². The molecule has 0 unspecified atom stereocenters. The van der Waals surface area contributed by atoms with Crippen molar-refractivity contribution in [3.63, 3.8) is 0 Å². The van der Waals surface area contributed by atoms with Crippen molar-refractivity contribution < 1.29 is 23.8 Å². The molecule has 0 bridgehead atoms. The van der Waals surface area contributed by atoms with Crippen LogP contribution in [0.1, 0.15) is 30.9 Å². The quantitative estimate of drug-likeness (QED) is 0.650. The third-order valence-electron chi connectivity index (χ3n) is 7.02. The van der Waals surface area contributed by atoms with E-state index in [0.717, 1.165) is 44.6 Å². The molecular formula is C26H32FN3O4. The summed E-state index contributed by atoms with van der Waals surface area (Å²) >= 11 is 0. The van der Waals surface area contributed by atoms with E-state index in [4.69, 9.17) is 9.47 Å². The van der Waals surface area contributed by atoms with Crippen LogP contribution < -0.4 is 19.7 Å². The second kappa shape index (κ2) is 10.2. The van der Waals surface area contributed by atoms with E-state index in [2.05, 4.69) is 15.1 Å². The van der Waals surface area contributed by atoms with Crippen LogP contribution in [-0.4, -0.2) is 67.9 Å². The number of fused-ring (bicyclic) bond motifs is 1. The molecule has 3 aliphatic heterocycles. The first kappa shape index (κ1) is 22.9. The molecule has 2 N–H and O–H groups in total. The minimum atomic E-state index is -0.866. The molecule has 1 amide bonds. The van der Waals surface area contributed by atoms with Crippen molar-refractivity contribution in [2.24, 2.45) is 5.92 Å². The summed E-state index contributed by atoms with van der Waals surface area (Å²) in [6, 6.07) is 11.4. The number of hydrogen-bond donors (Lipinski definition) is 2. The van der Waals surface area contributed by atoms with E-state index in [1.54, 1.807) is 12.1 Å². The number of nitrogens with one attached hydrogen (secondary N) is 1. The highest BCUT2D eigenvalue weighted by atomic mass is 19.1. The predicted octanol–water partition coefficient (Wildman–Crippen LogP) is 2.74. The number of benzene rings is 2. The number of amides is 1. The van der Waals surface area contributed by atoms with Crippen LogP contribution in [0.4, 0.5) is 10.1 Å². The molecule has 3 heterocycles. The summed E-state index contributed by atoms with van der Waals surface area (Å²) in [6.07, 6.45) is 2.13. The van der Waals surface area contributed by atoms with E-state index in [1.807, 2.05) is 18.2 Å². The molecule has 2 aromatic rings. The highest BCUT2D eigenvalue weighted by Gasteiger charge is 2.33. The molecule has 2 fully saturated rings. The number of rotatable bonds is 7. The third kappa shape index (κ3) is 5.13. The van der Waals surface area contributed by atoms with Gasteiger partial charge in [0.05, 0.1) is 12.0 Å². The molecule has 0 radical (unpaired) electrons. The molecule has 3 aliphatic rings. The van der Waals surface area contributed by atoms with Gasteiger partial charge in [-0.2, -0.15) is 0 Å². The van der Waals surface area contributed by atoms with E-state index in [-0.39, 0.29) is 17.6 Å². The van der Waals surface area contributed by atoms with Gasteiger partial charge in [0.1, 0.15) is 25.1 Å². The number of carbonyl (C=O) groups is 1. The molecular weight excluding hydrogens is 437 g/mol. The maximum absolute atomic E-state index is 13.3. The lowest BCUT2D eigenvalue weighted by molar-refractivity contribution is -0.126. The fourth-order valence-corrected chi connectivity index (χ4v) is 5.11. The first-order valence-corrected chi connectivity index (χ1v) is 12.2. The number of nitrogens with zero attached hydrogens (tertiary/aromatic N) is 2. The molecule has 5 rings (SSSR count). The Labute approximate surface area is 199 Å². The number of aliphatic hydroxyl groups excluding tert-OH is 1. The Kier molecular flexibility index (Phi) is 6.87. The van der Waals surface area contributed by atoms with Crippen molar-refractivity contribution in [2.45, 2.75) is 31.4 Å². The van der Waals surface area contributed by atoms with E-state index >= 15 is 0 Å². The summed E-state index contributed by atoms with van der Waals surface area (Å²) in [4.78, 5) is 17.7. The Hall–Kier alpha value is -2.84. The Bertz CT molecular complexity index is 996. The zero-order chi connectivity index (χ0) is 23.5. The molecule has 2 aromatic carbocycles. The maximum atomic E-state index is 13.3. The van der Waals surface area contributed by atoms with Crippen LogP contribution in [0.2, 0.25) is 0 Å². The molecule has 0 spiro atoms. The van der Waals surface area contributed by atoms with Crippen molar-refractivity contribution in [1.82, 2.24) is 10.2 Å². The summed E-state index contributed by atoms with van der Waals surface area (Å²) in [5, 5.41) is 14.5. The largest absolute Gasteiger partial charge is 0.486 e. The summed E-state index contributed by atoms with van der Waals surface area (Å²) < 4.78 is 24.6. The van der Waals surface area contributed by atoms with Crippen molar-refractivity contribution in [2.75, 3.05) is 50.8 Å². The Morgan fingerprint density at radius 3 is 2.56 bits per heavy atom. The highest BCUT2D eigenvalue weighted by Crippen LogP contribution is 2.34. The van der Waals surface area contributed by atoms with Gasteiger partial charge in [0.2, 0.25) is 5.91 Å². The number of halogens is 1. The van der Waals surface area contributed by atoms with E-state index in [9.17, 15) is 14.3 Å². The summed E-state index contributed by atoms with van der Waals surface area (Å²) in [7, 11) is 0. The van der Waals surface area contributed by atoms with Gasteiger partial charge in [-0.15, -0.1) is 0 Å². The predicted molar refractivity (Wildman–Crippen MR) is 127 cm³/mol. The van der Waals surface area contributed by atoms with Gasteiger partial charge in [0.25, 0.3) is 0 Å². The fourth-order valence-electron chi connectivity index (χ4n) is 5.11. The molecule has 182 valence electrons. The molecule has 34 heavy (non-hydrogen) atoms. The minimum Gasteiger partial charge on any atom is -0.486 e. The Morgan fingerprint density at radius 1 is 1.06 bits per heavy atom. The Balaban J connectivity index is 1.28. The molecule has 3 atom stereocenters. The Morgan fingerprint density at radius 2 is 1.79 bits per heavy atom. The molecule has 7 nitrogen and oxygen atoms in total. The maximum Gasteiger partial charge on any atom is 0.225 e. The second-order valence-electron chi connectivity index (χ2n) is 9.38. The lowest BCUT2D eigenvalue weighted by atomic mass is 9.99. The van der Waals surface area contributed by atoms with Crippen LogP contribution in [0, 0.1) is 11.7 Å². The van der Waals surface area contributed by atoms with E-state index in [1.165, 1.54) is 12.1 Å². The topological polar surface area (TPSA) is 74.3 Å². The van der Waals surface area contributed by atoms with Gasteiger partial charge in [0, 0.05) is 25.3 Å². The third-order valence-corrected chi connectivity index (χ3v) is 7.02. The van der Waals surface area contributed by atoms with E-state index < -0.39 is 12.1 Å². The lowest BCUT2D eigenvalue weighted by Gasteiger charge is -2.30. The molecule has 0 saturated carbocycles. The van der Waals surface area contributed by atoms with Crippen molar-refractivity contribution >= 4 is 11.6 Å². The number of anilines is 1. The minimum absolute atomic E-state index is 0.0506. The van der Waals surface area contributed by atoms with Crippen LogP contribution >= 0.6 is 0 Å². The molecule has 0 aliphatic carbocycles. The highest BCUT2D eigenvalue weighted by molar-refractivity contribution is 5.80. The van der Waals surface area contributed by atoms with Gasteiger partial charge in [-0.05, 0) is 74.3 Å². The molecule has 2 saturated heterocycles. The number of ether oxygens (including phenoxy) is 2. The number of aliphatic hydroxyl groups is 1. The van der Waals surface area contributed by atoms with E-state index in [0.29, 0.717) is 43.4 Å². The molecule has 8 heteroatoms. The summed E-state index contributed by atoms with van der Waals surface area (Å²) in [5.41, 5.74) is 1.62. The second-order valence-corrected chi connectivity index (χ2v) is 9.38. The monoisotopic (exact) mass is 469 g/mol. The van der Waals surface area contributed by atoms with Crippen molar-refractivity contribution in [3.05, 3.63) is 53.8 Å². The lowest BCUT2D eigenvalue weighted by Crippen LogP contribution is -2.48. The van der Waals surface area contributed by atoms with Crippen molar-refractivity contribution in [3.8, 4) is 11.5 Å². The number of likely N-dealkylation sites (tertiary alicyclic amines) is 1. The summed E-state index contributed by atoms with van der Waals surface area (Å²) in [6.45, 7) is 4.85. The van der Waals surface area contributed by atoms with Gasteiger partial charge in [-0.1, -0.05) is 6.07 Å². The fraction of sp³-hybridized carbons (Fsp3) is 0.500. The average Bonchev–Trinajstić information content (AvgIpc) is 3.56. The van der Waals surface area contributed by atoms with Crippen LogP contribution in [0.5, 0.6) is 11.5 Å². The molecule has 0 aromatic heterocycles. The standard InChI is InChI=1S/C26H32FN3O4/c27-20-4-6-21(7-5-20)30-12-9-19(16-30)26(32)28-22(17-29-10-1-2-11-29)25(31)18-3-8-23-24(15-18)34-14-13-33-23/h3-8,15,19,22,25,31H,1-2,9-14,16-17H2,(H,28,32)/t19-,22-,25-/m1/s1. The van der Waals surface area contributed by atoms with Crippen LogP contribution in [-0.2, 0) is 4.79 Å². The van der Waals surface area contributed by atoms with Crippen LogP contribution in [0.25, 0.3) is 0 Å². The SMILES string of the molecule is O=C(N[C@H](CN1CCCC1)[C@H](O)c1ccc2c(c1)OCCO2)[C@@H]1CCN(c2ccc(F)cc2)C1. The smallest absolute Gasteiger partial charge is 0.225 e. The zero-order valence-corrected chi connectivity index (χ0v) is 19.3. The van der Waals surface area contributed by atoms with Gasteiger partial charge in [0.15, 0.2) is 11.5 Å². The van der Waals surface area contributed by atoms with Crippen LogP contribution in [0.3, 0.4) is 0 Å². The van der Waals surface area contributed by atoms with Gasteiger partial charge in [-0.3, -0.25) is 4.79 Å².